The van der Waals surface area contributed by atoms with Crippen molar-refractivity contribution in [3.05, 3.63) is 35.4 Å². The highest BCUT2D eigenvalue weighted by atomic mass is 16.5. The van der Waals surface area contributed by atoms with Gasteiger partial charge in [0.2, 0.25) is 0 Å². The lowest BCUT2D eigenvalue weighted by molar-refractivity contribution is 0.0915. The number of ether oxygens (including phenoxy) is 1. The maximum atomic E-state index is 12.2. The number of rotatable bonds is 6. The molecule has 0 aliphatic carbocycles. The van der Waals surface area contributed by atoms with Crippen LogP contribution >= 0.6 is 0 Å². The zero-order valence-corrected chi connectivity index (χ0v) is 12.5. The number of nitrogens with zero attached hydrogens (tertiary/aromatic N) is 1. The van der Waals surface area contributed by atoms with Gasteiger partial charge in [0.05, 0.1) is 6.61 Å². The molecule has 0 aliphatic heterocycles. The van der Waals surface area contributed by atoms with E-state index in [1.54, 1.807) is 7.11 Å². The molecule has 1 amide bonds. The molecule has 4 nitrogen and oxygen atoms in total. The normalized spacial score (nSPS) is 11.7. The van der Waals surface area contributed by atoms with Crippen LogP contribution in [0.4, 0.5) is 0 Å². The maximum Gasteiger partial charge on any atom is 0.251 e. The van der Waals surface area contributed by atoms with Gasteiger partial charge in [0.1, 0.15) is 0 Å². The van der Waals surface area contributed by atoms with Gasteiger partial charge in [0.25, 0.3) is 5.91 Å². The lowest BCUT2D eigenvalue weighted by Gasteiger charge is -2.32. The molecule has 0 fully saturated rings. The van der Waals surface area contributed by atoms with Crippen molar-refractivity contribution in [3.8, 4) is 0 Å². The first-order chi connectivity index (χ1) is 8.88. The van der Waals surface area contributed by atoms with Crippen molar-refractivity contribution in [2.75, 3.05) is 27.7 Å². The summed E-state index contributed by atoms with van der Waals surface area (Å²) in [6.07, 6.45) is 0. The summed E-state index contributed by atoms with van der Waals surface area (Å²) < 4.78 is 5.11. The number of hydrogen-bond donors (Lipinski definition) is 1. The zero-order valence-electron chi connectivity index (χ0n) is 12.5. The summed E-state index contributed by atoms with van der Waals surface area (Å²) in [5, 5.41) is 2.98. The first-order valence-corrected chi connectivity index (χ1v) is 6.41. The minimum Gasteiger partial charge on any atom is -0.380 e. The SMILES string of the molecule is COCc1ccccc1C(=O)NCC(C)(C)N(C)C. The molecule has 0 saturated carbocycles. The average Bonchev–Trinajstić information content (AvgIpc) is 2.37. The van der Waals surface area contributed by atoms with Gasteiger partial charge in [-0.15, -0.1) is 0 Å². The van der Waals surface area contributed by atoms with E-state index in [0.717, 1.165) is 5.56 Å². The number of benzene rings is 1. The molecule has 106 valence electrons. The monoisotopic (exact) mass is 264 g/mol. The second-order valence-corrected chi connectivity index (χ2v) is 5.48. The molecule has 0 unspecified atom stereocenters. The minimum atomic E-state index is -0.0775. The van der Waals surface area contributed by atoms with Crippen LogP contribution in [0.1, 0.15) is 29.8 Å². The van der Waals surface area contributed by atoms with Crippen LogP contribution < -0.4 is 5.32 Å². The molecule has 0 heterocycles. The van der Waals surface area contributed by atoms with Crippen molar-refractivity contribution in [1.82, 2.24) is 10.2 Å². The third-order valence-electron chi connectivity index (χ3n) is 3.45. The van der Waals surface area contributed by atoms with Crippen LogP contribution in [-0.4, -0.2) is 44.1 Å². The van der Waals surface area contributed by atoms with Crippen molar-refractivity contribution >= 4 is 5.91 Å². The summed E-state index contributed by atoms with van der Waals surface area (Å²) >= 11 is 0. The van der Waals surface area contributed by atoms with Gasteiger partial charge in [0, 0.05) is 24.8 Å². The van der Waals surface area contributed by atoms with Gasteiger partial charge in [-0.05, 0) is 39.6 Å². The van der Waals surface area contributed by atoms with E-state index in [0.29, 0.717) is 18.7 Å². The van der Waals surface area contributed by atoms with Crippen molar-refractivity contribution in [2.24, 2.45) is 0 Å². The molecule has 19 heavy (non-hydrogen) atoms. The van der Waals surface area contributed by atoms with Gasteiger partial charge in [-0.1, -0.05) is 18.2 Å². The first-order valence-electron chi connectivity index (χ1n) is 6.41. The van der Waals surface area contributed by atoms with E-state index in [2.05, 4.69) is 24.1 Å². The highest BCUT2D eigenvalue weighted by Crippen LogP contribution is 2.12. The largest absolute Gasteiger partial charge is 0.380 e. The van der Waals surface area contributed by atoms with Gasteiger partial charge >= 0.3 is 0 Å². The Morgan fingerprint density at radius 1 is 1.32 bits per heavy atom. The van der Waals surface area contributed by atoms with Crippen molar-refractivity contribution < 1.29 is 9.53 Å². The summed E-state index contributed by atoms with van der Waals surface area (Å²) in [6.45, 7) is 5.23. The second-order valence-electron chi connectivity index (χ2n) is 5.48. The Hall–Kier alpha value is -1.39. The third kappa shape index (κ3) is 4.33. The van der Waals surface area contributed by atoms with Crippen LogP contribution in [-0.2, 0) is 11.3 Å². The predicted molar refractivity (Wildman–Crippen MR) is 77.3 cm³/mol. The Bertz CT molecular complexity index is 428. The topological polar surface area (TPSA) is 41.6 Å². The van der Waals surface area contributed by atoms with Crippen LogP contribution in [0, 0.1) is 0 Å². The first kappa shape index (κ1) is 15.7. The molecule has 0 saturated heterocycles. The Morgan fingerprint density at radius 3 is 2.53 bits per heavy atom. The van der Waals surface area contributed by atoms with Crippen LogP contribution in [0.5, 0.6) is 0 Å². The number of hydrogen-bond acceptors (Lipinski definition) is 3. The lowest BCUT2D eigenvalue weighted by Crippen LogP contribution is -2.48. The van der Waals surface area contributed by atoms with E-state index in [1.165, 1.54) is 0 Å². The molecular weight excluding hydrogens is 240 g/mol. The van der Waals surface area contributed by atoms with E-state index < -0.39 is 0 Å². The zero-order chi connectivity index (χ0) is 14.5. The summed E-state index contributed by atoms with van der Waals surface area (Å²) in [7, 11) is 5.64. The standard InChI is InChI=1S/C15H24N2O2/c1-15(2,17(3)4)11-16-14(18)13-9-7-6-8-12(13)10-19-5/h6-9H,10-11H2,1-5H3,(H,16,18). The molecule has 4 heteroatoms. The fourth-order valence-corrected chi connectivity index (χ4v) is 1.57. The third-order valence-corrected chi connectivity index (χ3v) is 3.45. The van der Waals surface area contributed by atoms with Crippen molar-refractivity contribution in [1.29, 1.82) is 0 Å². The van der Waals surface area contributed by atoms with Crippen molar-refractivity contribution in [3.63, 3.8) is 0 Å². The maximum absolute atomic E-state index is 12.2. The summed E-state index contributed by atoms with van der Waals surface area (Å²) in [6, 6.07) is 7.52. The number of nitrogens with one attached hydrogen (secondary N) is 1. The number of methoxy groups -OCH3 is 1. The van der Waals surface area contributed by atoms with Gasteiger partial charge in [-0.2, -0.15) is 0 Å². The van der Waals surface area contributed by atoms with Gasteiger partial charge < -0.3 is 15.0 Å². The molecule has 1 aromatic rings. The van der Waals surface area contributed by atoms with Crippen LogP contribution in [0.15, 0.2) is 24.3 Å². The van der Waals surface area contributed by atoms with E-state index in [-0.39, 0.29) is 11.4 Å². The lowest BCUT2D eigenvalue weighted by atomic mass is 10.0. The number of amides is 1. The summed E-state index contributed by atoms with van der Waals surface area (Å²) in [4.78, 5) is 14.3. The number of carbonyl (C=O) groups excluding carboxylic acids is 1. The van der Waals surface area contributed by atoms with Gasteiger partial charge in [0.15, 0.2) is 0 Å². The van der Waals surface area contributed by atoms with Gasteiger partial charge in [-0.25, -0.2) is 0 Å². The van der Waals surface area contributed by atoms with Crippen molar-refractivity contribution in [2.45, 2.75) is 26.0 Å². The minimum absolute atomic E-state index is 0.0532. The molecule has 1 rings (SSSR count). The molecule has 1 N–H and O–H groups in total. The molecular formula is C15H24N2O2. The van der Waals surface area contributed by atoms with Crippen LogP contribution in [0.3, 0.4) is 0 Å². The van der Waals surface area contributed by atoms with Crippen LogP contribution in [0.25, 0.3) is 0 Å². The fraction of sp³-hybridized carbons (Fsp3) is 0.533. The smallest absolute Gasteiger partial charge is 0.251 e. The molecule has 0 atom stereocenters. The fourth-order valence-electron chi connectivity index (χ4n) is 1.57. The van der Waals surface area contributed by atoms with Gasteiger partial charge in [-0.3, -0.25) is 4.79 Å². The average molecular weight is 264 g/mol. The number of carbonyl (C=O) groups is 1. The summed E-state index contributed by atoms with van der Waals surface area (Å²) in [5.41, 5.74) is 1.51. The molecule has 0 aliphatic rings. The second kappa shape index (κ2) is 6.68. The van der Waals surface area contributed by atoms with Crippen LogP contribution in [0.2, 0.25) is 0 Å². The highest BCUT2D eigenvalue weighted by Gasteiger charge is 2.21. The molecule has 0 aromatic heterocycles. The van der Waals surface area contributed by atoms with E-state index in [1.807, 2.05) is 38.4 Å². The molecule has 0 spiro atoms. The molecule has 0 bridgehead atoms. The Kier molecular flexibility index (Phi) is 5.51. The number of likely N-dealkylation sites (N-methyl/N-ethyl adjacent to an activating group) is 1. The highest BCUT2D eigenvalue weighted by molar-refractivity contribution is 5.95. The summed E-state index contributed by atoms with van der Waals surface area (Å²) in [5.74, 6) is -0.0532. The predicted octanol–water partition coefficient (Wildman–Crippen LogP) is 1.90. The Labute approximate surface area is 115 Å². The Balaban J connectivity index is 2.74. The van der Waals surface area contributed by atoms with E-state index in [4.69, 9.17) is 4.74 Å². The quantitative estimate of drug-likeness (QED) is 0.853. The van der Waals surface area contributed by atoms with E-state index in [9.17, 15) is 4.79 Å². The molecule has 0 radical (unpaired) electrons. The molecule has 1 aromatic carbocycles. The van der Waals surface area contributed by atoms with E-state index >= 15 is 0 Å². The Morgan fingerprint density at radius 2 is 1.95 bits per heavy atom.